The molecule has 0 saturated heterocycles. The van der Waals surface area contributed by atoms with E-state index in [4.69, 9.17) is 8.23 Å². The van der Waals surface area contributed by atoms with Crippen LogP contribution < -0.4 is 31.1 Å². The zero-order valence-corrected chi connectivity index (χ0v) is 30.5. The van der Waals surface area contributed by atoms with Gasteiger partial charge in [0, 0.05) is 0 Å². The van der Waals surface area contributed by atoms with E-state index in [1.807, 2.05) is 0 Å². The topological polar surface area (TPSA) is 24.9 Å². The molecule has 0 aromatic heterocycles. The van der Waals surface area contributed by atoms with Crippen LogP contribution in [0.1, 0.15) is 0 Å². The van der Waals surface area contributed by atoms with E-state index < -0.39 is 25.5 Å². The third-order valence-corrected chi connectivity index (χ3v) is 22.6. The molecule has 4 nitrogen and oxygen atoms in total. The maximum absolute atomic E-state index is 8.27. The van der Waals surface area contributed by atoms with Gasteiger partial charge in [-0.1, -0.05) is 182 Å². The van der Waals surface area contributed by atoms with E-state index >= 15 is 0 Å². The van der Waals surface area contributed by atoms with E-state index in [9.17, 15) is 0 Å². The monoisotopic (exact) mass is 666 g/mol. The second kappa shape index (κ2) is 14.3. The van der Waals surface area contributed by atoms with Crippen molar-refractivity contribution in [1.29, 1.82) is 0 Å². The quantitative estimate of drug-likeness (QED) is 0.185. The van der Waals surface area contributed by atoms with Crippen LogP contribution in [0.25, 0.3) is 0 Å². The first-order valence-corrected chi connectivity index (χ1v) is 21.5. The summed E-state index contributed by atoms with van der Waals surface area (Å²) in [6.45, 7) is 0. The van der Waals surface area contributed by atoms with Gasteiger partial charge in [-0.3, -0.25) is 0 Å². The largest absolute Gasteiger partial charge is 0.410 e. The minimum Gasteiger partial charge on any atom is -0.410 e. The van der Waals surface area contributed by atoms with Crippen molar-refractivity contribution in [3.63, 3.8) is 0 Å². The molecule has 0 aliphatic heterocycles. The van der Waals surface area contributed by atoms with Crippen LogP contribution in [0.4, 0.5) is 0 Å². The molecule has 0 atom stereocenters. The van der Waals surface area contributed by atoms with Crippen molar-refractivity contribution in [3.05, 3.63) is 182 Å². The maximum Gasteiger partial charge on any atom is 0.389 e. The zero-order chi connectivity index (χ0) is 32.7. The van der Waals surface area contributed by atoms with E-state index in [2.05, 4.69) is 219 Å². The molecule has 0 spiro atoms. The highest BCUT2D eigenvalue weighted by Gasteiger charge is 2.59. The highest BCUT2D eigenvalue weighted by Crippen LogP contribution is 2.25. The number of hydrogen-bond donors (Lipinski definition) is 0. The summed E-state index contributed by atoms with van der Waals surface area (Å²) < 4.78 is 21.2. The van der Waals surface area contributed by atoms with Crippen molar-refractivity contribution >= 4 is 56.6 Å². The highest BCUT2D eigenvalue weighted by atomic mass is 28.5. The van der Waals surface area contributed by atoms with Gasteiger partial charge in [0.15, 0.2) is 0 Å². The lowest BCUT2D eigenvalue weighted by atomic mass is 10.4. The number of benzene rings is 6. The molecule has 0 bridgehead atoms. The summed E-state index contributed by atoms with van der Waals surface area (Å²) in [5.74, 6) is 0. The SMILES string of the molecule is CN(C)[Si](O[Si](O[Si](c1ccccc1)(c1ccccc1)N(C)C)(c1ccccc1)c1ccccc1)(c1ccccc1)c1ccccc1. The second-order valence-electron chi connectivity index (χ2n) is 12.1. The number of nitrogens with zero attached hydrogens (tertiary/aromatic N) is 2. The minimum atomic E-state index is -3.64. The summed E-state index contributed by atoms with van der Waals surface area (Å²) in [6.07, 6.45) is 0. The van der Waals surface area contributed by atoms with Gasteiger partial charge in [0.05, 0.1) is 0 Å². The Bertz CT molecular complexity index is 1610. The van der Waals surface area contributed by atoms with Crippen molar-refractivity contribution in [1.82, 2.24) is 9.13 Å². The maximum atomic E-state index is 8.27. The van der Waals surface area contributed by atoms with Gasteiger partial charge >= 0.3 is 25.5 Å². The van der Waals surface area contributed by atoms with Crippen LogP contribution in [0.5, 0.6) is 0 Å². The normalized spacial score (nSPS) is 12.4. The molecule has 0 unspecified atom stereocenters. The molecule has 0 saturated carbocycles. The molecule has 0 aliphatic carbocycles. The molecule has 7 heteroatoms. The summed E-state index contributed by atoms with van der Waals surface area (Å²) in [7, 11) is -1.38. The van der Waals surface area contributed by atoms with Crippen molar-refractivity contribution in [3.8, 4) is 0 Å². The minimum absolute atomic E-state index is 1.07. The summed E-state index contributed by atoms with van der Waals surface area (Å²) in [4.78, 5) is 0. The fraction of sp³-hybridized carbons (Fsp3) is 0.100. The second-order valence-corrected chi connectivity index (χ2v) is 22.8. The van der Waals surface area contributed by atoms with Crippen molar-refractivity contribution in [2.45, 2.75) is 0 Å². The Labute approximate surface area is 283 Å². The van der Waals surface area contributed by atoms with E-state index in [0.29, 0.717) is 0 Å². The van der Waals surface area contributed by atoms with E-state index in [-0.39, 0.29) is 0 Å². The third kappa shape index (κ3) is 6.15. The van der Waals surface area contributed by atoms with Gasteiger partial charge in [-0.2, -0.15) is 0 Å². The molecule has 47 heavy (non-hydrogen) atoms. The Morgan fingerprint density at radius 3 is 0.681 bits per heavy atom. The fourth-order valence-electron chi connectivity index (χ4n) is 6.60. The molecule has 236 valence electrons. The van der Waals surface area contributed by atoms with Crippen molar-refractivity contribution in [2.24, 2.45) is 0 Å². The number of hydrogen-bond acceptors (Lipinski definition) is 4. The van der Waals surface area contributed by atoms with E-state index in [1.165, 1.54) is 20.7 Å². The fourth-order valence-corrected chi connectivity index (χ4v) is 22.6. The molecule has 0 amide bonds. The Morgan fingerprint density at radius 2 is 0.489 bits per heavy atom. The van der Waals surface area contributed by atoms with Gasteiger partial charge in [-0.25, -0.2) is 0 Å². The lowest BCUT2D eigenvalue weighted by molar-refractivity contribution is 0.358. The van der Waals surface area contributed by atoms with Gasteiger partial charge in [0.25, 0.3) is 0 Å². The molecule has 6 aromatic carbocycles. The Balaban J connectivity index is 1.75. The molecule has 0 N–H and O–H groups in total. The molecule has 0 radical (unpaired) electrons. The van der Waals surface area contributed by atoms with Crippen LogP contribution in [0.15, 0.2) is 182 Å². The van der Waals surface area contributed by atoms with E-state index in [1.54, 1.807) is 0 Å². The van der Waals surface area contributed by atoms with Crippen LogP contribution in [0, 0.1) is 0 Å². The van der Waals surface area contributed by atoms with Gasteiger partial charge in [-0.15, -0.1) is 0 Å². The molecule has 6 aromatic rings. The lowest BCUT2D eigenvalue weighted by Crippen LogP contribution is -2.84. The highest BCUT2D eigenvalue weighted by molar-refractivity contribution is 7.10. The van der Waals surface area contributed by atoms with Gasteiger partial charge in [0.2, 0.25) is 0 Å². The van der Waals surface area contributed by atoms with Crippen LogP contribution >= 0.6 is 0 Å². The smallest absolute Gasteiger partial charge is 0.389 e. The zero-order valence-electron chi connectivity index (χ0n) is 27.5. The van der Waals surface area contributed by atoms with Gasteiger partial charge in [0.1, 0.15) is 0 Å². The average molecular weight is 667 g/mol. The summed E-state index contributed by atoms with van der Waals surface area (Å²) >= 11 is 0. The average Bonchev–Trinajstić information content (AvgIpc) is 3.14. The molecular weight excluding hydrogens is 625 g/mol. The number of rotatable bonds is 12. The predicted molar refractivity (Wildman–Crippen MR) is 203 cm³/mol. The lowest BCUT2D eigenvalue weighted by Gasteiger charge is -2.50. The van der Waals surface area contributed by atoms with Gasteiger partial charge < -0.3 is 17.4 Å². The van der Waals surface area contributed by atoms with Crippen LogP contribution in [-0.2, 0) is 8.23 Å². The Hall–Kier alpha value is -4.19. The van der Waals surface area contributed by atoms with E-state index in [0.717, 1.165) is 10.4 Å². The molecule has 0 fully saturated rings. The molecule has 0 aliphatic rings. The Morgan fingerprint density at radius 1 is 0.298 bits per heavy atom. The molecule has 0 heterocycles. The van der Waals surface area contributed by atoms with Crippen LogP contribution in [0.3, 0.4) is 0 Å². The molecule has 6 rings (SSSR count). The summed E-state index contributed by atoms with van der Waals surface area (Å²) in [6, 6.07) is 64.4. The summed E-state index contributed by atoms with van der Waals surface area (Å²) in [5, 5.41) is 6.81. The van der Waals surface area contributed by atoms with Gasteiger partial charge in [-0.05, 0) is 59.3 Å². The first-order chi connectivity index (χ1) is 22.9. The van der Waals surface area contributed by atoms with Crippen LogP contribution in [-0.4, -0.2) is 62.8 Å². The van der Waals surface area contributed by atoms with Crippen molar-refractivity contribution in [2.75, 3.05) is 28.2 Å². The third-order valence-electron chi connectivity index (χ3n) is 8.81. The van der Waals surface area contributed by atoms with Crippen LogP contribution in [0.2, 0.25) is 0 Å². The Kier molecular flexibility index (Phi) is 9.95. The molecular formula is C40H42N2O2Si3. The van der Waals surface area contributed by atoms with Crippen molar-refractivity contribution < 1.29 is 8.23 Å². The standard InChI is InChI=1S/C40H42N2O2Si3/c1-41(2)45(35-23-11-5-12-24-35,36-25-13-6-14-26-36)43-47(39-31-19-9-20-32-39,40-33-21-10-22-34-40)44-46(42(3)4,37-27-15-7-16-28-37)38-29-17-8-18-30-38/h5-34H,1-4H3. The first-order valence-electron chi connectivity index (χ1n) is 16.0. The predicted octanol–water partition coefficient (Wildman–Crippen LogP) is 3.91. The summed E-state index contributed by atoms with van der Waals surface area (Å²) in [5.41, 5.74) is 0. The first kappa shape index (κ1) is 32.7.